The van der Waals surface area contributed by atoms with Gasteiger partial charge in [-0.05, 0) is 50.2 Å². The second-order valence-electron chi connectivity index (χ2n) is 10.1. The first-order valence-electron chi connectivity index (χ1n) is 13.0. The number of aryl methyl sites for hydroxylation is 1. The van der Waals surface area contributed by atoms with Crippen LogP contribution in [0, 0.1) is 12.8 Å². The van der Waals surface area contributed by atoms with Crippen LogP contribution < -0.4 is 10.1 Å². The zero-order chi connectivity index (χ0) is 29.0. The van der Waals surface area contributed by atoms with Gasteiger partial charge in [0.05, 0.1) is 35.3 Å². The van der Waals surface area contributed by atoms with Crippen molar-refractivity contribution >= 4 is 27.5 Å². The Kier molecular flexibility index (Phi) is 8.87. The lowest BCUT2D eigenvalue weighted by atomic mass is 9.99. The minimum Gasteiger partial charge on any atom is -0.486 e. The molecule has 40 heavy (non-hydrogen) atoms. The number of rotatable bonds is 8. The number of aliphatic hydroxyl groups is 1. The monoisotopic (exact) mass is 566 g/mol. The summed E-state index contributed by atoms with van der Waals surface area (Å²) in [6, 6.07) is 14.1. The summed E-state index contributed by atoms with van der Waals surface area (Å²) in [7, 11) is -2.34. The number of hydrogen-bond donors (Lipinski definition) is 2. The van der Waals surface area contributed by atoms with Crippen LogP contribution in [0.2, 0.25) is 0 Å². The number of carbonyl (C=O) groups excluding carboxylic acids is 2. The van der Waals surface area contributed by atoms with Crippen LogP contribution in [0.5, 0.6) is 5.75 Å². The van der Waals surface area contributed by atoms with Crippen molar-refractivity contribution in [2.45, 2.75) is 37.8 Å². The van der Waals surface area contributed by atoms with Crippen molar-refractivity contribution in [1.82, 2.24) is 14.2 Å². The van der Waals surface area contributed by atoms with Gasteiger partial charge in [-0.25, -0.2) is 8.42 Å². The predicted octanol–water partition coefficient (Wildman–Crippen LogP) is 3.18. The van der Waals surface area contributed by atoms with Crippen LogP contribution >= 0.6 is 0 Å². The lowest BCUT2D eigenvalue weighted by Crippen LogP contribution is -2.50. The van der Waals surface area contributed by atoms with E-state index in [0.29, 0.717) is 5.56 Å². The first-order chi connectivity index (χ1) is 19.0. The topological polar surface area (TPSA) is 129 Å². The Morgan fingerprint density at radius 3 is 2.50 bits per heavy atom. The minimum atomic E-state index is -3.83. The maximum Gasteiger partial charge on any atom is 0.258 e. The Morgan fingerprint density at radius 1 is 1.18 bits per heavy atom. The number of amides is 2. The van der Waals surface area contributed by atoms with E-state index in [1.165, 1.54) is 23.7 Å². The van der Waals surface area contributed by atoms with Gasteiger partial charge >= 0.3 is 0 Å². The second-order valence-corrected chi connectivity index (χ2v) is 12.1. The molecule has 3 atom stereocenters. The normalized spacial score (nSPS) is 18.4. The molecule has 0 fully saturated rings. The van der Waals surface area contributed by atoms with Crippen LogP contribution in [-0.2, 0) is 10.0 Å². The molecule has 1 aromatic heterocycles. The smallest absolute Gasteiger partial charge is 0.258 e. The summed E-state index contributed by atoms with van der Waals surface area (Å²) >= 11 is 0. The molecule has 1 aliphatic heterocycles. The number of aliphatic hydroxyl groups excluding tert-OH is 1. The number of likely N-dealkylation sites (N-methyl/N-ethyl adjacent to an activating group) is 1. The number of ether oxygens (including phenoxy) is 1. The summed E-state index contributed by atoms with van der Waals surface area (Å²) in [5.41, 5.74) is 1.79. The summed E-state index contributed by atoms with van der Waals surface area (Å²) in [6.45, 7) is 5.46. The lowest BCUT2D eigenvalue weighted by molar-refractivity contribution is 0.0388. The number of aromatic nitrogens is 1. The largest absolute Gasteiger partial charge is 0.486 e. The molecule has 4 rings (SSSR count). The van der Waals surface area contributed by atoms with Crippen molar-refractivity contribution < 1.29 is 27.9 Å². The third-order valence-electron chi connectivity index (χ3n) is 7.05. The van der Waals surface area contributed by atoms with Gasteiger partial charge < -0.3 is 20.1 Å². The van der Waals surface area contributed by atoms with E-state index in [1.807, 2.05) is 13.8 Å². The number of anilines is 1. The van der Waals surface area contributed by atoms with Gasteiger partial charge in [-0.15, -0.1) is 0 Å². The fraction of sp³-hybridized carbons (Fsp3) is 0.345. The van der Waals surface area contributed by atoms with Crippen molar-refractivity contribution in [3.05, 3.63) is 83.7 Å². The first kappa shape index (κ1) is 29.2. The number of para-hydroxylation sites is 1. The summed E-state index contributed by atoms with van der Waals surface area (Å²) in [6.07, 6.45) is 2.31. The molecule has 0 unspecified atom stereocenters. The quantitative estimate of drug-likeness (QED) is 0.428. The zero-order valence-electron chi connectivity index (χ0n) is 22.9. The molecule has 0 saturated carbocycles. The SMILES string of the molecule is Cc1ccc(S(=O)(=O)N(C)C[C@H]2Oc3c(NC(=O)c4ccncc4)cccc3C(=O)N([C@H](C)CO)C[C@@H]2C)cc1. The Hall–Kier alpha value is -3.80. The van der Waals surface area contributed by atoms with Crippen molar-refractivity contribution in [2.75, 3.05) is 32.1 Å². The maximum atomic E-state index is 13.7. The number of carbonyl (C=O) groups is 2. The summed E-state index contributed by atoms with van der Waals surface area (Å²) < 4.78 is 34.4. The zero-order valence-corrected chi connectivity index (χ0v) is 23.8. The van der Waals surface area contributed by atoms with Gasteiger partial charge in [0.25, 0.3) is 11.8 Å². The predicted molar refractivity (Wildman–Crippen MR) is 151 cm³/mol. The first-order valence-corrected chi connectivity index (χ1v) is 14.4. The fourth-order valence-corrected chi connectivity index (χ4v) is 5.68. The van der Waals surface area contributed by atoms with Gasteiger partial charge in [0.15, 0.2) is 5.75 Å². The van der Waals surface area contributed by atoms with Crippen LogP contribution in [0.1, 0.15) is 40.1 Å². The molecule has 212 valence electrons. The van der Waals surface area contributed by atoms with E-state index in [4.69, 9.17) is 4.74 Å². The van der Waals surface area contributed by atoms with Gasteiger partial charge in [-0.2, -0.15) is 4.31 Å². The average molecular weight is 567 g/mol. The van der Waals surface area contributed by atoms with Crippen LogP contribution in [-0.4, -0.2) is 78.4 Å². The van der Waals surface area contributed by atoms with Crippen LogP contribution in [0.3, 0.4) is 0 Å². The summed E-state index contributed by atoms with van der Waals surface area (Å²) in [5.74, 6) is -0.964. The molecular formula is C29H34N4O6S. The van der Waals surface area contributed by atoms with E-state index in [-0.39, 0.29) is 53.4 Å². The van der Waals surface area contributed by atoms with E-state index in [1.54, 1.807) is 66.4 Å². The van der Waals surface area contributed by atoms with Crippen LogP contribution in [0.25, 0.3) is 0 Å². The van der Waals surface area contributed by atoms with Gasteiger partial charge in [0, 0.05) is 37.5 Å². The molecule has 2 aromatic carbocycles. The molecule has 0 aliphatic carbocycles. The van der Waals surface area contributed by atoms with Crippen molar-refractivity contribution in [1.29, 1.82) is 0 Å². The second kappa shape index (κ2) is 12.2. The number of benzene rings is 2. The van der Waals surface area contributed by atoms with Gasteiger partial charge in [-0.1, -0.05) is 30.7 Å². The number of nitrogens with one attached hydrogen (secondary N) is 1. The maximum absolute atomic E-state index is 13.7. The van der Waals surface area contributed by atoms with Crippen molar-refractivity contribution in [3.63, 3.8) is 0 Å². The van der Waals surface area contributed by atoms with E-state index in [9.17, 15) is 23.1 Å². The van der Waals surface area contributed by atoms with Crippen molar-refractivity contribution in [3.8, 4) is 5.75 Å². The number of sulfonamides is 1. The Morgan fingerprint density at radius 2 is 1.85 bits per heavy atom. The molecule has 2 heterocycles. The van der Waals surface area contributed by atoms with Crippen molar-refractivity contribution in [2.24, 2.45) is 5.92 Å². The number of fused-ring (bicyclic) bond motifs is 1. The number of pyridine rings is 1. The lowest BCUT2D eigenvalue weighted by Gasteiger charge is -2.38. The molecular weight excluding hydrogens is 532 g/mol. The van der Waals surface area contributed by atoms with E-state index < -0.39 is 28.1 Å². The highest BCUT2D eigenvalue weighted by atomic mass is 32.2. The van der Waals surface area contributed by atoms with Gasteiger partial charge in [-0.3, -0.25) is 14.6 Å². The summed E-state index contributed by atoms with van der Waals surface area (Å²) in [4.78, 5) is 32.3. The molecule has 11 heteroatoms. The minimum absolute atomic E-state index is 0.0149. The molecule has 0 saturated heterocycles. The standard InChI is InChI=1S/C29H34N4O6S/c1-19-8-10-23(11-9-19)40(37,38)32(4)17-26-20(2)16-33(21(3)18-34)29(36)24-6-5-7-25(27(24)39-26)31-28(35)22-12-14-30-15-13-22/h5-15,20-21,26,34H,16-18H2,1-4H3,(H,31,35)/t20-,21+,26+/m0/s1. The molecule has 3 aromatic rings. The van der Waals surface area contributed by atoms with Gasteiger partial charge in [0.2, 0.25) is 10.0 Å². The molecule has 2 N–H and O–H groups in total. The fourth-order valence-electron chi connectivity index (χ4n) is 4.50. The molecule has 0 radical (unpaired) electrons. The molecule has 2 amide bonds. The van der Waals surface area contributed by atoms with Gasteiger partial charge in [0.1, 0.15) is 6.10 Å². The molecule has 0 spiro atoms. The van der Waals surface area contributed by atoms with E-state index in [0.717, 1.165) is 5.56 Å². The Bertz CT molecular complexity index is 1460. The highest BCUT2D eigenvalue weighted by molar-refractivity contribution is 7.89. The Labute approximate surface area is 234 Å². The molecule has 10 nitrogen and oxygen atoms in total. The summed E-state index contributed by atoms with van der Waals surface area (Å²) in [5, 5.41) is 12.7. The third-order valence-corrected chi connectivity index (χ3v) is 8.89. The number of nitrogens with zero attached hydrogens (tertiary/aromatic N) is 3. The molecule has 0 bridgehead atoms. The van der Waals surface area contributed by atoms with Crippen LogP contribution in [0.4, 0.5) is 5.69 Å². The third kappa shape index (κ3) is 6.16. The molecule has 1 aliphatic rings. The Balaban J connectivity index is 1.72. The number of hydrogen-bond acceptors (Lipinski definition) is 7. The highest BCUT2D eigenvalue weighted by Gasteiger charge is 2.36. The van der Waals surface area contributed by atoms with E-state index >= 15 is 0 Å². The van der Waals surface area contributed by atoms with Crippen LogP contribution in [0.15, 0.2) is 71.9 Å². The highest BCUT2D eigenvalue weighted by Crippen LogP contribution is 2.35. The average Bonchev–Trinajstić information content (AvgIpc) is 2.95. The van der Waals surface area contributed by atoms with E-state index in [2.05, 4.69) is 10.3 Å².